The molecule has 0 saturated carbocycles. The SMILES string of the molecule is O=C(CCNC(=O)c1ccc(F)cc1F)Nc1ccccc1-c1ncc[nH]1. The van der Waals surface area contributed by atoms with Gasteiger partial charge in [-0.15, -0.1) is 0 Å². The zero-order chi connectivity index (χ0) is 19.2. The number of para-hydroxylation sites is 1. The van der Waals surface area contributed by atoms with E-state index in [1.807, 2.05) is 12.1 Å². The second kappa shape index (κ2) is 8.22. The van der Waals surface area contributed by atoms with E-state index < -0.39 is 17.5 Å². The molecule has 138 valence electrons. The van der Waals surface area contributed by atoms with Gasteiger partial charge >= 0.3 is 0 Å². The van der Waals surface area contributed by atoms with Crippen molar-refractivity contribution in [1.29, 1.82) is 0 Å². The average Bonchev–Trinajstić information content (AvgIpc) is 3.16. The summed E-state index contributed by atoms with van der Waals surface area (Å²) in [7, 11) is 0. The van der Waals surface area contributed by atoms with Crippen LogP contribution in [-0.2, 0) is 4.79 Å². The zero-order valence-electron chi connectivity index (χ0n) is 14.1. The van der Waals surface area contributed by atoms with Gasteiger partial charge in [0.1, 0.15) is 17.5 Å². The number of amides is 2. The van der Waals surface area contributed by atoms with E-state index in [0.29, 0.717) is 17.6 Å². The summed E-state index contributed by atoms with van der Waals surface area (Å²) in [6, 6.07) is 9.84. The lowest BCUT2D eigenvalue weighted by Gasteiger charge is -2.10. The normalized spacial score (nSPS) is 10.4. The first-order valence-electron chi connectivity index (χ1n) is 8.16. The maximum Gasteiger partial charge on any atom is 0.254 e. The molecule has 3 N–H and O–H groups in total. The summed E-state index contributed by atoms with van der Waals surface area (Å²) in [5.41, 5.74) is 1.03. The molecule has 0 bridgehead atoms. The molecule has 0 unspecified atom stereocenters. The third kappa shape index (κ3) is 4.55. The Hall–Kier alpha value is -3.55. The topological polar surface area (TPSA) is 86.9 Å². The van der Waals surface area contributed by atoms with Crippen LogP contribution in [0.2, 0.25) is 0 Å². The van der Waals surface area contributed by atoms with Crippen molar-refractivity contribution < 1.29 is 18.4 Å². The first-order chi connectivity index (χ1) is 13.0. The van der Waals surface area contributed by atoms with Crippen molar-refractivity contribution in [2.75, 3.05) is 11.9 Å². The molecular formula is C19H16F2N4O2. The number of anilines is 1. The number of rotatable bonds is 6. The number of halogens is 2. The number of aromatic amines is 1. The van der Waals surface area contributed by atoms with Crippen LogP contribution in [-0.4, -0.2) is 28.3 Å². The highest BCUT2D eigenvalue weighted by molar-refractivity contribution is 5.96. The molecule has 3 rings (SSSR count). The molecule has 0 aliphatic heterocycles. The molecule has 0 spiro atoms. The van der Waals surface area contributed by atoms with Gasteiger partial charge < -0.3 is 15.6 Å². The Bertz CT molecular complexity index is 958. The smallest absolute Gasteiger partial charge is 0.254 e. The Kier molecular flexibility index (Phi) is 5.55. The average molecular weight is 370 g/mol. The van der Waals surface area contributed by atoms with Crippen molar-refractivity contribution in [2.24, 2.45) is 0 Å². The molecule has 0 saturated heterocycles. The van der Waals surface area contributed by atoms with Gasteiger partial charge in [0, 0.05) is 37.0 Å². The molecule has 0 aliphatic rings. The summed E-state index contributed by atoms with van der Waals surface area (Å²) in [5.74, 6) is -2.14. The Morgan fingerprint density at radius 1 is 1.11 bits per heavy atom. The predicted molar refractivity (Wildman–Crippen MR) is 96.0 cm³/mol. The summed E-state index contributed by atoms with van der Waals surface area (Å²) < 4.78 is 26.4. The molecule has 8 heteroatoms. The van der Waals surface area contributed by atoms with Crippen molar-refractivity contribution in [3.05, 3.63) is 72.1 Å². The monoisotopic (exact) mass is 370 g/mol. The molecule has 0 fully saturated rings. The number of hydrogen-bond donors (Lipinski definition) is 3. The Morgan fingerprint density at radius 2 is 1.93 bits per heavy atom. The molecule has 0 aliphatic carbocycles. The van der Waals surface area contributed by atoms with E-state index in [4.69, 9.17) is 0 Å². The van der Waals surface area contributed by atoms with Gasteiger partial charge in [-0.1, -0.05) is 12.1 Å². The van der Waals surface area contributed by atoms with Gasteiger partial charge in [0.2, 0.25) is 5.91 Å². The number of benzene rings is 2. The number of aromatic nitrogens is 2. The van der Waals surface area contributed by atoms with Crippen molar-refractivity contribution >= 4 is 17.5 Å². The Morgan fingerprint density at radius 3 is 2.67 bits per heavy atom. The number of carbonyl (C=O) groups excluding carboxylic acids is 2. The number of imidazole rings is 1. The minimum absolute atomic E-state index is 0.00437. The van der Waals surface area contributed by atoms with Crippen molar-refractivity contribution in [1.82, 2.24) is 15.3 Å². The van der Waals surface area contributed by atoms with Crippen LogP contribution < -0.4 is 10.6 Å². The van der Waals surface area contributed by atoms with Crippen LogP contribution in [0.1, 0.15) is 16.8 Å². The Labute approximate surface area is 153 Å². The van der Waals surface area contributed by atoms with Gasteiger partial charge in [0.15, 0.2) is 0 Å². The molecule has 1 aromatic heterocycles. The van der Waals surface area contributed by atoms with Gasteiger partial charge in [-0.3, -0.25) is 9.59 Å². The van der Waals surface area contributed by atoms with E-state index in [2.05, 4.69) is 20.6 Å². The summed E-state index contributed by atoms with van der Waals surface area (Å²) >= 11 is 0. The van der Waals surface area contributed by atoms with Crippen LogP contribution in [0.5, 0.6) is 0 Å². The second-order valence-electron chi connectivity index (χ2n) is 5.66. The predicted octanol–water partition coefficient (Wildman–Crippen LogP) is 3.11. The minimum Gasteiger partial charge on any atom is -0.351 e. The van der Waals surface area contributed by atoms with Crippen LogP contribution in [0, 0.1) is 11.6 Å². The highest BCUT2D eigenvalue weighted by atomic mass is 19.1. The van der Waals surface area contributed by atoms with Gasteiger partial charge in [-0.2, -0.15) is 0 Å². The van der Waals surface area contributed by atoms with Gasteiger partial charge in [0.05, 0.1) is 11.3 Å². The van der Waals surface area contributed by atoms with Crippen LogP contribution in [0.25, 0.3) is 11.4 Å². The van der Waals surface area contributed by atoms with Crippen LogP contribution in [0.3, 0.4) is 0 Å². The standard InChI is InChI=1S/C19H16F2N4O2/c20-12-5-6-13(15(21)11-12)19(27)24-8-7-17(26)25-16-4-2-1-3-14(16)18-22-9-10-23-18/h1-6,9-11H,7-8H2,(H,22,23)(H,24,27)(H,25,26). The largest absolute Gasteiger partial charge is 0.351 e. The highest BCUT2D eigenvalue weighted by Gasteiger charge is 2.13. The van der Waals surface area contributed by atoms with Crippen LogP contribution in [0.15, 0.2) is 54.9 Å². The fourth-order valence-electron chi connectivity index (χ4n) is 2.48. The maximum absolute atomic E-state index is 13.6. The number of carbonyl (C=O) groups is 2. The van der Waals surface area contributed by atoms with E-state index in [1.165, 1.54) is 0 Å². The first kappa shape index (κ1) is 18.2. The van der Waals surface area contributed by atoms with E-state index in [-0.39, 0.29) is 24.4 Å². The number of H-pyrrole nitrogens is 1. The number of nitrogens with zero attached hydrogens (tertiary/aromatic N) is 1. The minimum atomic E-state index is -0.954. The van der Waals surface area contributed by atoms with Gasteiger partial charge in [-0.25, -0.2) is 13.8 Å². The maximum atomic E-state index is 13.6. The summed E-state index contributed by atoms with van der Waals surface area (Å²) in [4.78, 5) is 31.2. The molecule has 3 aromatic rings. The van der Waals surface area contributed by atoms with Crippen LogP contribution in [0.4, 0.5) is 14.5 Å². The van der Waals surface area contributed by atoms with Gasteiger partial charge in [0.25, 0.3) is 5.91 Å². The van der Waals surface area contributed by atoms with Crippen LogP contribution >= 0.6 is 0 Å². The second-order valence-corrected chi connectivity index (χ2v) is 5.66. The summed E-state index contributed by atoms with van der Waals surface area (Å²) in [6.45, 7) is 0.00437. The number of nitrogens with one attached hydrogen (secondary N) is 3. The van der Waals surface area contributed by atoms with E-state index in [9.17, 15) is 18.4 Å². The van der Waals surface area contributed by atoms with Crippen molar-refractivity contribution in [3.8, 4) is 11.4 Å². The quantitative estimate of drug-likeness (QED) is 0.623. The fourth-order valence-corrected chi connectivity index (χ4v) is 2.48. The van der Waals surface area contributed by atoms with Crippen molar-refractivity contribution in [2.45, 2.75) is 6.42 Å². The number of hydrogen-bond acceptors (Lipinski definition) is 3. The Balaban J connectivity index is 1.56. The molecular weight excluding hydrogens is 354 g/mol. The van der Waals surface area contributed by atoms with E-state index >= 15 is 0 Å². The molecule has 0 radical (unpaired) electrons. The summed E-state index contributed by atoms with van der Waals surface area (Å²) in [6.07, 6.45) is 3.27. The van der Waals surface area contributed by atoms with Crippen molar-refractivity contribution in [3.63, 3.8) is 0 Å². The molecule has 6 nitrogen and oxygen atoms in total. The molecule has 0 atom stereocenters. The van der Waals surface area contributed by atoms with Gasteiger partial charge in [-0.05, 0) is 24.3 Å². The lowest BCUT2D eigenvalue weighted by Crippen LogP contribution is -2.28. The zero-order valence-corrected chi connectivity index (χ0v) is 14.1. The lowest BCUT2D eigenvalue weighted by atomic mass is 10.1. The third-order valence-corrected chi connectivity index (χ3v) is 3.77. The molecule has 2 aromatic carbocycles. The fraction of sp³-hybridized carbons (Fsp3) is 0.105. The molecule has 2 amide bonds. The third-order valence-electron chi connectivity index (χ3n) is 3.77. The first-order valence-corrected chi connectivity index (χ1v) is 8.16. The summed E-state index contributed by atoms with van der Waals surface area (Å²) in [5, 5.41) is 5.19. The lowest BCUT2D eigenvalue weighted by molar-refractivity contribution is -0.116. The molecule has 1 heterocycles. The highest BCUT2D eigenvalue weighted by Crippen LogP contribution is 2.24. The van der Waals surface area contributed by atoms with E-state index in [0.717, 1.165) is 17.7 Å². The van der Waals surface area contributed by atoms with E-state index in [1.54, 1.807) is 24.5 Å². The molecule has 27 heavy (non-hydrogen) atoms.